The average molecular weight is 251 g/mol. The quantitative estimate of drug-likeness (QED) is 0.838. The molecule has 0 aromatic carbocycles. The molecule has 2 rings (SSSR count). The van der Waals surface area contributed by atoms with Crippen LogP contribution in [0.3, 0.4) is 0 Å². The zero-order valence-electron chi connectivity index (χ0n) is 10.3. The Balaban J connectivity index is 2.06. The van der Waals surface area contributed by atoms with Crippen molar-refractivity contribution in [1.82, 2.24) is 9.97 Å². The van der Waals surface area contributed by atoms with Gasteiger partial charge in [0.25, 0.3) is 0 Å². The Morgan fingerprint density at radius 2 is 2.22 bits per heavy atom. The van der Waals surface area contributed by atoms with Gasteiger partial charge in [0.1, 0.15) is 18.2 Å². The summed E-state index contributed by atoms with van der Waals surface area (Å²) in [7, 11) is 0. The molecule has 6 nitrogen and oxygen atoms in total. The third-order valence-corrected chi connectivity index (χ3v) is 3.06. The minimum atomic E-state index is -0.902. The highest BCUT2D eigenvalue weighted by Crippen LogP contribution is 2.26. The molecule has 2 heterocycles. The summed E-state index contributed by atoms with van der Waals surface area (Å²) in [6.07, 6.45) is 3.37. The van der Waals surface area contributed by atoms with E-state index in [9.17, 15) is 4.79 Å². The van der Waals surface area contributed by atoms with Crippen LogP contribution in [0.15, 0.2) is 12.4 Å². The van der Waals surface area contributed by atoms with Crippen molar-refractivity contribution in [3.05, 3.63) is 18.1 Å². The van der Waals surface area contributed by atoms with Crippen LogP contribution in [0.25, 0.3) is 0 Å². The lowest BCUT2D eigenvalue weighted by atomic mass is 9.96. The first-order valence-corrected chi connectivity index (χ1v) is 6.06. The van der Waals surface area contributed by atoms with Crippen molar-refractivity contribution in [2.24, 2.45) is 0 Å². The summed E-state index contributed by atoms with van der Waals surface area (Å²) in [5.74, 6) is 0.0325. The average Bonchev–Trinajstić information content (AvgIpc) is 2.40. The molecule has 0 aliphatic carbocycles. The van der Waals surface area contributed by atoms with Gasteiger partial charge in [0, 0.05) is 30.9 Å². The van der Waals surface area contributed by atoms with Crippen molar-refractivity contribution < 1.29 is 14.6 Å². The van der Waals surface area contributed by atoms with Gasteiger partial charge in [-0.2, -0.15) is 0 Å². The van der Waals surface area contributed by atoms with Crippen LogP contribution in [0, 0.1) is 0 Å². The first-order valence-electron chi connectivity index (χ1n) is 6.06. The molecule has 0 spiro atoms. The van der Waals surface area contributed by atoms with E-state index < -0.39 is 12.0 Å². The SMILES string of the molecule is CC(Nc1cc(C2CCOCC2)ncn1)C(=O)O. The second-order valence-electron chi connectivity index (χ2n) is 4.42. The maximum absolute atomic E-state index is 10.8. The highest BCUT2D eigenvalue weighted by atomic mass is 16.5. The molecule has 18 heavy (non-hydrogen) atoms. The van der Waals surface area contributed by atoms with E-state index in [1.165, 1.54) is 6.33 Å². The zero-order valence-corrected chi connectivity index (χ0v) is 10.3. The summed E-state index contributed by atoms with van der Waals surface area (Å²) in [5, 5.41) is 11.7. The number of nitrogens with one attached hydrogen (secondary N) is 1. The highest BCUT2D eigenvalue weighted by Gasteiger charge is 2.18. The van der Waals surface area contributed by atoms with Crippen molar-refractivity contribution in [2.75, 3.05) is 18.5 Å². The topological polar surface area (TPSA) is 84.3 Å². The molecule has 1 aliphatic rings. The van der Waals surface area contributed by atoms with Crippen LogP contribution >= 0.6 is 0 Å². The van der Waals surface area contributed by atoms with Gasteiger partial charge >= 0.3 is 5.97 Å². The number of aromatic nitrogens is 2. The molecule has 1 aromatic rings. The number of carboxylic acids is 1. The van der Waals surface area contributed by atoms with E-state index in [0.717, 1.165) is 31.7 Å². The number of carboxylic acid groups (broad SMARTS) is 1. The second kappa shape index (κ2) is 5.77. The molecule has 1 saturated heterocycles. The van der Waals surface area contributed by atoms with E-state index in [1.807, 2.05) is 6.07 Å². The fourth-order valence-electron chi connectivity index (χ4n) is 1.95. The normalized spacial score (nSPS) is 18.3. The lowest BCUT2D eigenvalue weighted by Gasteiger charge is -2.21. The number of anilines is 1. The zero-order chi connectivity index (χ0) is 13.0. The standard InChI is InChI=1S/C12H17N3O3/c1-8(12(16)17)15-11-6-10(13-7-14-11)9-2-4-18-5-3-9/h6-9H,2-5H2,1H3,(H,16,17)(H,13,14,15). The van der Waals surface area contributed by atoms with E-state index in [1.54, 1.807) is 6.92 Å². The molecule has 0 saturated carbocycles. The summed E-state index contributed by atoms with van der Waals surface area (Å²) < 4.78 is 5.31. The number of hydrogen-bond donors (Lipinski definition) is 2. The van der Waals surface area contributed by atoms with Crippen molar-refractivity contribution in [3.63, 3.8) is 0 Å². The molecule has 1 aliphatic heterocycles. The van der Waals surface area contributed by atoms with Crippen LogP contribution in [-0.4, -0.2) is 40.3 Å². The van der Waals surface area contributed by atoms with Gasteiger partial charge in [-0.25, -0.2) is 9.97 Å². The summed E-state index contributed by atoms with van der Waals surface area (Å²) in [5.41, 5.74) is 0.952. The van der Waals surface area contributed by atoms with Crippen LogP contribution in [0.1, 0.15) is 31.4 Å². The second-order valence-corrected chi connectivity index (χ2v) is 4.42. The number of aliphatic carboxylic acids is 1. The lowest BCUT2D eigenvalue weighted by Crippen LogP contribution is -2.26. The van der Waals surface area contributed by atoms with Gasteiger partial charge in [0.15, 0.2) is 0 Å². The maximum Gasteiger partial charge on any atom is 0.325 e. The van der Waals surface area contributed by atoms with Gasteiger partial charge in [0.2, 0.25) is 0 Å². The number of nitrogens with zero attached hydrogens (tertiary/aromatic N) is 2. The third-order valence-electron chi connectivity index (χ3n) is 3.06. The van der Waals surface area contributed by atoms with E-state index in [0.29, 0.717) is 11.7 Å². The Labute approximate surface area is 105 Å². The van der Waals surface area contributed by atoms with Crippen LogP contribution in [-0.2, 0) is 9.53 Å². The van der Waals surface area contributed by atoms with Crippen molar-refractivity contribution in [1.29, 1.82) is 0 Å². The van der Waals surface area contributed by atoms with Crippen LogP contribution in [0.5, 0.6) is 0 Å². The summed E-state index contributed by atoms with van der Waals surface area (Å²) >= 11 is 0. The molecule has 0 bridgehead atoms. The molecule has 0 amide bonds. The number of carbonyl (C=O) groups is 1. The van der Waals surface area contributed by atoms with E-state index in [4.69, 9.17) is 9.84 Å². The van der Waals surface area contributed by atoms with Gasteiger partial charge in [-0.05, 0) is 19.8 Å². The minimum Gasteiger partial charge on any atom is -0.480 e. The number of hydrogen-bond acceptors (Lipinski definition) is 5. The smallest absolute Gasteiger partial charge is 0.325 e. The van der Waals surface area contributed by atoms with Crippen LogP contribution in [0.4, 0.5) is 5.82 Å². The lowest BCUT2D eigenvalue weighted by molar-refractivity contribution is -0.137. The molecule has 1 atom stereocenters. The largest absolute Gasteiger partial charge is 0.480 e. The molecule has 1 aromatic heterocycles. The molecule has 2 N–H and O–H groups in total. The third kappa shape index (κ3) is 3.16. The van der Waals surface area contributed by atoms with Crippen molar-refractivity contribution >= 4 is 11.8 Å². The number of ether oxygens (including phenoxy) is 1. The summed E-state index contributed by atoms with van der Waals surface area (Å²) in [4.78, 5) is 19.1. The Bertz CT molecular complexity index is 419. The van der Waals surface area contributed by atoms with E-state index >= 15 is 0 Å². The van der Waals surface area contributed by atoms with Gasteiger partial charge in [-0.3, -0.25) is 4.79 Å². The Kier molecular flexibility index (Phi) is 4.09. The fourth-order valence-corrected chi connectivity index (χ4v) is 1.95. The highest BCUT2D eigenvalue weighted by molar-refractivity contribution is 5.76. The molecule has 1 fully saturated rings. The van der Waals surface area contributed by atoms with Crippen LogP contribution in [0.2, 0.25) is 0 Å². The molecular formula is C12H17N3O3. The molecular weight excluding hydrogens is 234 g/mol. The van der Waals surface area contributed by atoms with Crippen LogP contribution < -0.4 is 5.32 Å². The Hall–Kier alpha value is -1.69. The van der Waals surface area contributed by atoms with Crippen molar-refractivity contribution in [3.8, 4) is 0 Å². The summed E-state index contributed by atoms with van der Waals surface area (Å²) in [6.45, 7) is 3.09. The first kappa shape index (κ1) is 12.8. The number of rotatable bonds is 4. The first-order chi connectivity index (χ1) is 8.66. The predicted molar refractivity (Wildman–Crippen MR) is 65.5 cm³/mol. The van der Waals surface area contributed by atoms with Gasteiger partial charge < -0.3 is 15.2 Å². The fraction of sp³-hybridized carbons (Fsp3) is 0.583. The molecule has 98 valence electrons. The Morgan fingerprint density at radius 3 is 2.89 bits per heavy atom. The molecule has 1 unspecified atom stereocenters. The van der Waals surface area contributed by atoms with Crippen molar-refractivity contribution in [2.45, 2.75) is 31.7 Å². The molecule has 0 radical (unpaired) electrons. The van der Waals surface area contributed by atoms with Gasteiger partial charge in [0.05, 0.1) is 0 Å². The monoisotopic (exact) mass is 251 g/mol. The van der Waals surface area contributed by atoms with Gasteiger partial charge in [-0.1, -0.05) is 0 Å². The summed E-state index contributed by atoms with van der Waals surface area (Å²) in [6, 6.07) is 1.16. The minimum absolute atomic E-state index is 0.377. The Morgan fingerprint density at radius 1 is 1.50 bits per heavy atom. The van der Waals surface area contributed by atoms with E-state index in [-0.39, 0.29) is 0 Å². The van der Waals surface area contributed by atoms with Gasteiger partial charge in [-0.15, -0.1) is 0 Å². The molecule has 6 heteroatoms. The maximum atomic E-state index is 10.8. The van der Waals surface area contributed by atoms with E-state index in [2.05, 4.69) is 15.3 Å². The predicted octanol–water partition coefficient (Wildman–Crippen LogP) is 1.26.